The fourth-order valence-corrected chi connectivity index (χ4v) is 3.04. The first-order chi connectivity index (χ1) is 13.5. The Kier molecular flexibility index (Phi) is 4.43. The number of ether oxygens (including phenoxy) is 1. The van der Waals surface area contributed by atoms with Crippen LogP contribution < -0.4 is 5.73 Å². The molecular formula is C21H19FN4O2. The van der Waals surface area contributed by atoms with E-state index in [1.807, 2.05) is 38.1 Å². The van der Waals surface area contributed by atoms with Crippen LogP contribution in [0.1, 0.15) is 30.6 Å². The van der Waals surface area contributed by atoms with Gasteiger partial charge in [-0.2, -0.15) is 0 Å². The average molecular weight is 378 g/mol. The molecule has 6 nitrogen and oxygen atoms in total. The number of rotatable bonds is 4. The number of nitrogens with two attached hydrogens (primary N) is 1. The van der Waals surface area contributed by atoms with Crippen LogP contribution in [-0.2, 0) is 4.74 Å². The molecule has 2 heterocycles. The average Bonchev–Trinajstić information content (AvgIpc) is 2.97. The number of para-hydroxylation sites is 2. The monoisotopic (exact) mass is 378 g/mol. The summed E-state index contributed by atoms with van der Waals surface area (Å²) < 4.78 is 20.5. The highest BCUT2D eigenvalue weighted by Gasteiger charge is 2.26. The van der Waals surface area contributed by atoms with Crippen LogP contribution in [0.2, 0.25) is 0 Å². The summed E-state index contributed by atoms with van der Waals surface area (Å²) in [5.41, 5.74) is 9.18. The van der Waals surface area contributed by atoms with E-state index in [1.54, 1.807) is 16.7 Å². The Bertz CT molecular complexity index is 1180. The number of hydrogen-bond acceptors (Lipinski definition) is 5. The summed E-state index contributed by atoms with van der Waals surface area (Å²) in [6, 6.07) is 13.2. The van der Waals surface area contributed by atoms with Crippen LogP contribution in [0.25, 0.3) is 27.9 Å². The Balaban J connectivity index is 2.02. The molecule has 0 saturated heterocycles. The number of aromatic nitrogens is 3. The molecule has 0 amide bonds. The van der Waals surface area contributed by atoms with Crippen molar-refractivity contribution >= 4 is 34.0 Å². The second-order valence-electron chi connectivity index (χ2n) is 6.58. The summed E-state index contributed by atoms with van der Waals surface area (Å²) in [5, 5.41) is 0. The summed E-state index contributed by atoms with van der Waals surface area (Å²) in [6.45, 7) is 3.74. The van der Waals surface area contributed by atoms with Crippen molar-refractivity contribution in [2.45, 2.75) is 26.4 Å². The van der Waals surface area contributed by atoms with E-state index >= 15 is 0 Å². The molecule has 0 unspecified atom stereocenters. The minimum Gasteiger partial charge on any atom is -0.459 e. The third-order valence-electron chi connectivity index (χ3n) is 4.67. The van der Waals surface area contributed by atoms with Gasteiger partial charge in [0.15, 0.2) is 5.65 Å². The number of nitrogens with zero attached hydrogens (tertiary/aromatic N) is 3. The first kappa shape index (κ1) is 17.9. The van der Waals surface area contributed by atoms with E-state index in [9.17, 15) is 9.18 Å². The summed E-state index contributed by atoms with van der Waals surface area (Å²) >= 11 is 0. The predicted octanol–water partition coefficient (Wildman–Crippen LogP) is 4.25. The molecule has 0 aliphatic carbocycles. The number of benzene rings is 2. The fraction of sp³-hybridized carbons (Fsp3) is 0.190. The van der Waals surface area contributed by atoms with E-state index in [1.165, 1.54) is 12.1 Å². The van der Waals surface area contributed by atoms with Crippen molar-refractivity contribution in [3.63, 3.8) is 0 Å². The molecule has 1 atom stereocenters. The minimum atomic E-state index is -0.553. The molecule has 0 aliphatic rings. The van der Waals surface area contributed by atoms with Crippen LogP contribution in [0, 0.1) is 5.82 Å². The van der Waals surface area contributed by atoms with Crippen LogP contribution in [0.4, 0.5) is 10.2 Å². The zero-order chi connectivity index (χ0) is 19.8. The van der Waals surface area contributed by atoms with Crippen molar-refractivity contribution in [1.29, 1.82) is 0 Å². The lowest BCUT2D eigenvalue weighted by molar-refractivity contribution is 0.0338. The largest absolute Gasteiger partial charge is 0.459 e. The molecule has 28 heavy (non-hydrogen) atoms. The summed E-state index contributed by atoms with van der Waals surface area (Å²) in [4.78, 5) is 22.1. The highest BCUT2D eigenvalue weighted by atomic mass is 19.1. The third kappa shape index (κ3) is 2.94. The van der Waals surface area contributed by atoms with Crippen LogP contribution in [0.5, 0.6) is 0 Å². The van der Waals surface area contributed by atoms with E-state index in [2.05, 4.69) is 9.97 Å². The number of carbonyl (C=O) groups is 1. The maximum atomic E-state index is 13.4. The minimum absolute atomic E-state index is 0.158. The first-order valence-corrected chi connectivity index (χ1v) is 9.03. The Morgan fingerprint density at radius 1 is 1.14 bits per heavy atom. The second-order valence-corrected chi connectivity index (χ2v) is 6.58. The van der Waals surface area contributed by atoms with E-state index in [0.717, 1.165) is 0 Å². The standard InChI is InChI=1S/C21H19FN4O2/c1-3-12(2)28-21(27)17-18-20(25-16-7-5-4-6-15(16)24-18)26(19(17)23)14-10-8-13(22)9-11-14/h4-12H,3,23H2,1-2H3/t12-/m1/s1. The predicted molar refractivity (Wildman–Crippen MR) is 106 cm³/mol. The van der Waals surface area contributed by atoms with E-state index in [4.69, 9.17) is 10.5 Å². The number of carbonyl (C=O) groups excluding carboxylic acids is 1. The molecule has 2 aromatic carbocycles. The SMILES string of the molecule is CC[C@@H](C)OC(=O)c1c(N)n(-c2ccc(F)cc2)c2nc3ccccc3nc12. The maximum absolute atomic E-state index is 13.4. The van der Waals surface area contributed by atoms with Gasteiger partial charge >= 0.3 is 5.97 Å². The zero-order valence-corrected chi connectivity index (χ0v) is 15.5. The number of nitrogen functional groups attached to an aromatic ring is 1. The summed E-state index contributed by atoms with van der Waals surface area (Å²) in [5.74, 6) is -0.765. The molecular weight excluding hydrogens is 359 g/mol. The van der Waals surface area contributed by atoms with Gasteiger partial charge in [0.25, 0.3) is 0 Å². The first-order valence-electron chi connectivity index (χ1n) is 9.03. The van der Waals surface area contributed by atoms with Crippen molar-refractivity contribution in [3.05, 3.63) is 59.9 Å². The molecule has 0 aliphatic heterocycles. The van der Waals surface area contributed by atoms with E-state index in [0.29, 0.717) is 34.3 Å². The van der Waals surface area contributed by atoms with Crippen LogP contribution in [-0.4, -0.2) is 26.6 Å². The zero-order valence-electron chi connectivity index (χ0n) is 15.5. The highest BCUT2D eigenvalue weighted by Crippen LogP contribution is 2.31. The molecule has 0 saturated carbocycles. The molecule has 4 aromatic rings. The molecule has 0 bridgehead atoms. The molecule has 0 spiro atoms. The quantitative estimate of drug-likeness (QED) is 0.537. The van der Waals surface area contributed by atoms with Crippen LogP contribution >= 0.6 is 0 Å². The lowest BCUT2D eigenvalue weighted by atomic mass is 10.2. The molecule has 7 heteroatoms. The Hall–Kier alpha value is -3.48. The molecule has 4 rings (SSSR count). The van der Waals surface area contributed by atoms with Crippen molar-refractivity contribution in [2.24, 2.45) is 0 Å². The summed E-state index contributed by atoms with van der Waals surface area (Å²) in [7, 11) is 0. The van der Waals surface area contributed by atoms with Gasteiger partial charge in [-0.3, -0.25) is 4.57 Å². The molecule has 0 radical (unpaired) electrons. The molecule has 0 fully saturated rings. The van der Waals surface area contributed by atoms with Crippen LogP contribution in [0.15, 0.2) is 48.5 Å². The number of anilines is 1. The van der Waals surface area contributed by atoms with Gasteiger partial charge in [0.2, 0.25) is 0 Å². The maximum Gasteiger partial charge on any atom is 0.344 e. The number of fused-ring (bicyclic) bond motifs is 2. The molecule has 2 N–H and O–H groups in total. The van der Waals surface area contributed by atoms with Crippen molar-refractivity contribution in [3.8, 4) is 5.69 Å². The van der Waals surface area contributed by atoms with E-state index < -0.39 is 5.97 Å². The molecule has 142 valence electrons. The van der Waals surface area contributed by atoms with Gasteiger partial charge in [0.1, 0.15) is 22.7 Å². The van der Waals surface area contributed by atoms with Gasteiger partial charge in [-0.05, 0) is 49.7 Å². The lowest BCUT2D eigenvalue weighted by Crippen LogP contribution is -2.15. The Morgan fingerprint density at radius 2 is 1.79 bits per heavy atom. The Labute approximate surface area is 160 Å². The highest BCUT2D eigenvalue weighted by molar-refractivity contribution is 6.09. The van der Waals surface area contributed by atoms with Gasteiger partial charge in [0, 0.05) is 5.69 Å². The van der Waals surface area contributed by atoms with Crippen molar-refractivity contribution in [1.82, 2.24) is 14.5 Å². The van der Waals surface area contributed by atoms with E-state index in [-0.39, 0.29) is 23.3 Å². The van der Waals surface area contributed by atoms with Gasteiger partial charge in [-0.15, -0.1) is 0 Å². The van der Waals surface area contributed by atoms with Crippen molar-refractivity contribution < 1.29 is 13.9 Å². The topological polar surface area (TPSA) is 83.0 Å². The number of hydrogen-bond donors (Lipinski definition) is 1. The number of esters is 1. The van der Waals surface area contributed by atoms with Gasteiger partial charge in [-0.25, -0.2) is 19.2 Å². The lowest BCUT2D eigenvalue weighted by Gasteiger charge is -2.11. The summed E-state index contributed by atoms with van der Waals surface area (Å²) in [6.07, 6.45) is 0.418. The second kappa shape index (κ2) is 6.92. The van der Waals surface area contributed by atoms with Crippen molar-refractivity contribution in [2.75, 3.05) is 5.73 Å². The number of halogens is 1. The molecule has 2 aromatic heterocycles. The van der Waals surface area contributed by atoms with Gasteiger partial charge in [0.05, 0.1) is 17.1 Å². The Morgan fingerprint density at radius 3 is 2.43 bits per heavy atom. The normalized spacial score (nSPS) is 12.4. The fourth-order valence-electron chi connectivity index (χ4n) is 3.04. The van der Waals surface area contributed by atoms with Gasteiger partial charge in [-0.1, -0.05) is 19.1 Å². The van der Waals surface area contributed by atoms with Gasteiger partial charge < -0.3 is 10.5 Å². The third-order valence-corrected chi connectivity index (χ3v) is 4.67. The smallest absolute Gasteiger partial charge is 0.344 e. The van der Waals surface area contributed by atoms with Crippen LogP contribution in [0.3, 0.4) is 0 Å².